The number of esters is 1. The molecule has 0 radical (unpaired) electrons. The highest BCUT2D eigenvalue weighted by Gasteiger charge is 2.36. The van der Waals surface area contributed by atoms with E-state index in [1.165, 1.54) is 7.11 Å². The van der Waals surface area contributed by atoms with Crippen molar-refractivity contribution in [3.63, 3.8) is 0 Å². The topological polar surface area (TPSA) is 82.1 Å². The molecule has 0 atom stereocenters. The second kappa shape index (κ2) is 11.3. The summed E-state index contributed by atoms with van der Waals surface area (Å²) in [6.45, 7) is 1.56. The minimum absolute atomic E-state index is 0.164. The van der Waals surface area contributed by atoms with Gasteiger partial charge in [0.05, 0.1) is 23.1 Å². The average Bonchev–Trinajstić information content (AvgIpc) is 3.01. The van der Waals surface area contributed by atoms with E-state index in [2.05, 4.69) is 15.9 Å². The quantitative estimate of drug-likeness (QED) is 0.285. The van der Waals surface area contributed by atoms with E-state index in [0.29, 0.717) is 31.6 Å². The number of hydrogen-bond acceptors (Lipinski definition) is 7. The molecule has 33 heavy (non-hydrogen) atoms. The minimum atomic E-state index is -0.646. The van der Waals surface area contributed by atoms with Gasteiger partial charge in [0.25, 0.3) is 11.1 Å². The van der Waals surface area contributed by atoms with Gasteiger partial charge in [0.2, 0.25) is 0 Å². The summed E-state index contributed by atoms with van der Waals surface area (Å²) in [4.78, 5) is 37.5. The summed E-state index contributed by atoms with van der Waals surface area (Å²) >= 11 is 16.3. The molecule has 0 unspecified atom stereocenters. The zero-order chi connectivity index (χ0) is 24.1. The van der Waals surface area contributed by atoms with Crippen molar-refractivity contribution < 1.29 is 28.6 Å². The van der Waals surface area contributed by atoms with E-state index in [9.17, 15) is 14.4 Å². The summed E-state index contributed by atoms with van der Waals surface area (Å²) in [7, 11) is 1.49. The van der Waals surface area contributed by atoms with Crippen molar-refractivity contribution in [1.29, 1.82) is 0 Å². The SMILES string of the molecule is CCOC(=O)CN1C(=O)S/C(=C/c2cc(Br)c(OCc3ccc(Cl)cc3Cl)c(OC)c2)C1=O. The molecular weight excluding hydrogens is 557 g/mol. The lowest BCUT2D eigenvalue weighted by atomic mass is 10.1. The molecule has 0 aliphatic carbocycles. The summed E-state index contributed by atoms with van der Waals surface area (Å²) in [5.41, 5.74) is 1.34. The van der Waals surface area contributed by atoms with Crippen LogP contribution in [0.1, 0.15) is 18.1 Å². The second-order valence-electron chi connectivity index (χ2n) is 6.63. The van der Waals surface area contributed by atoms with Crippen LogP contribution in [0, 0.1) is 0 Å². The number of carbonyl (C=O) groups excluding carboxylic acids is 3. The first-order valence-electron chi connectivity index (χ1n) is 9.58. The van der Waals surface area contributed by atoms with Crippen molar-refractivity contribution in [2.24, 2.45) is 0 Å². The van der Waals surface area contributed by atoms with Gasteiger partial charge in [-0.25, -0.2) is 0 Å². The van der Waals surface area contributed by atoms with E-state index in [1.807, 2.05) is 0 Å². The van der Waals surface area contributed by atoms with Crippen molar-refractivity contribution in [1.82, 2.24) is 4.90 Å². The first-order chi connectivity index (χ1) is 15.7. The van der Waals surface area contributed by atoms with Crippen LogP contribution in [0.25, 0.3) is 6.08 Å². The maximum atomic E-state index is 12.6. The molecule has 1 aliphatic rings. The summed E-state index contributed by atoms with van der Waals surface area (Å²) < 4.78 is 16.7. The molecule has 7 nitrogen and oxygen atoms in total. The normalized spacial score (nSPS) is 14.7. The van der Waals surface area contributed by atoms with Crippen LogP contribution in [-0.2, 0) is 20.9 Å². The lowest BCUT2D eigenvalue weighted by Gasteiger charge is -2.14. The smallest absolute Gasteiger partial charge is 0.326 e. The fourth-order valence-electron chi connectivity index (χ4n) is 2.88. The molecule has 2 aromatic carbocycles. The lowest BCUT2D eigenvalue weighted by molar-refractivity contribution is -0.145. The first kappa shape index (κ1) is 25.4. The molecule has 1 saturated heterocycles. The Kier molecular flexibility index (Phi) is 8.69. The average molecular weight is 575 g/mol. The molecule has 0 bridgehead atoms. The Bertz CT molecular complexity index is 1140. The van der Waals surface area contributed by atoms with Crippen LogP contribution in [0.15, 0.2) is 39.7 Å². The first-order valence-corrected chi connectivity index (χ1v) is 11.9. The molecule has 2 amide bonds. The number of nitrogens with zero attached hydrogens (tertiary/aromatic N) is 1. The van der Waals surface area contributed by atoms with Gasteiger partial charge in [0, 0.05) is 15.6 Å². The second-order valence-corrected chi connectivity index (χ2v) is 9.32. The Morgan fingerprint density at radius 3 is 2.64 bits per heavy atom. The van der Waals surface area contributed by atoms with Gasteiger partial charge in [-0.3, -0.25) is 19.3 Å². The third kappa shape index (κ3) is 6.23. The van der Waals surface area contributed by atoms with Crippen LogP contribution in [-0.4, -0.2) is 42.3 Å². The van der Waals surface area contributed by atoms with Crippen LogP contribution in [0.5, 0.6) is 11.5 Å². The molecule has 1 heterocycles. The number of methoxy groups -OCH3 is 1. The van der Waals surface area contributed by atoms with E-state index in [1.54, 1.807) is 43.3 Å². The zero-order valence-corrected chi connectivity index (χ0v) is 21.4. The summed E-state index contributed by atoms with van der Waals surface area (Å²) in [6.07, 6.45) is 1.54. The lowest BCUT2D eigenvalue weighted by Crippen LogP contribution is -2.34. The molecule has 0 N–H and O–H groups in total. The van der Waals surface area contributed by atoms with E-state index in [-0.39, 0.29) is 18.1 Å². The molecule has 2 aromatic rings. The predicted molar refractivity (Wildman–Crippen MR) is 131 cm³/mol. The van der Waals surface area contributed by atoms with Crippen LogP contribution < -0.4 is 9.47 Å². The van der Waals surface area contributed by atoms with Gasteiger partial charge >= 0.3 is 5.97 Å². The summed E-state index contributed by atoms with van der Waals surface area (Å²) in [5, 5.41) is 0.469. The van der Waals surface area contributed by atoms with Crippen LogP contribution in [0.3, 0.4) is 0 Å². The third-order valence-electron chi connectivity index (χ3n) is 4.40. The number of hydrogen-bond donors (Lipinski definition) is 0. The molecule has 0 aromatic heterocycles. The summed E-state index contributed by atoms with van der Waals surface area (Å²) in [5.74, 6) is -0.360. The number of halogens is 3. The van der Waals surface area contributed by atoms with Crippen LogP contribution >= 0.6 is 50.9 Å². The molecule has 0 saturated carbocycles. The van der Waals surface area contributed by atoms with E-state index < -0.39 is 23.7 Å². The Labute approximate surface area is 213 Å². The summed E-state index contributed by atoms with van der Waals surface area (Å²) in [6, 6.07) is 8.51. The minimum Gasteiger partial charge on any atom is -0.493 e. The Morgan fingerprint density at radius 1 is 1.21 bits per heavy atom. The highest BCUT2D eigenvalue weighted by molar-refractivity contribution is 9.10. The number of ether oxygens (including phenoxy) is 3. The fraction of sp³-hybridized carbons (Fsp3) is 0.227. The Morgan fingerprint density at radius 2 is 1.97 bits per heavy atom. The van der Waals surface area contributed by atoms with Gasteiger partial charge in [0.1, 0.15) is 13.2 Å². The van der Waals surface area contributed by atoms with Gasteiger partial charge in [-0.15, -0.1) is 0 Å². The molecule has 174 valence electrons. The fourth-order valence-corrected chi connectivity index (χ4v) is 4.75. The van der Waals surface area contributed by atoms with E-state index in [0.717, 1.165) is 22.2 Å². The van der Waals surface area contributed by atoms with Crippen LogP contribution in [0.2, 0.25) is 10.0 Å². The number of rotatable bonds is 8. The van der Waals surface area contributed by atoms with Crippen molar-refractivity contribution in [3.05, 3.63) is 60.9 Å². The number of benzene rings is 2. The van der Waals surface area contributed by atoms with Crippen molar-refractivity contribution in [2.75, 3.05) is 20.3 Å². The number of imide groups is 1. The number of amides is 2. The highest BCUT2D eigenvalue weighted by Crippen LogP contribution is 2.39. The highest BCUT2D eigenvalue weighted by atomic mass is 79.9. The molecule has 1 aliphatic heterocycles. The molecule has 11 heteroatoms. The molecule has 1 fully saturated rings. The standard InChI is InChI=1S/C22H18BrCl2NO6S/c1-3-31-19(27)10-26-21(28)18(33-22(26)29)8-12-6-15(23)20(17(7-12)30-2)32-11-13-4-5-14(24)9-16(13)25/h4-9H,3,10-11H2,1-2H3/b18-8+. The van der Waals surface area contributed by atoms with Gasteiger partial charge in [0.15, 0.2) is 11.5 Å². The number of thioether (sulfide) groups is 1. The number of carbonyl (C=O) groups is 3. The van der Waals surface area contributed by atoms with Crippen molar-refractivity contribution >= 4 is 74.1 Å². The Hall–Kier alpha value is -2.20. The maximum absolute atomic E-state index is 12.6. The van der Waals surface area contributed by atoms with Gasteiger partial charge in [-0.05, 0) is 70.5 Å². The van der Waals surface area contributed by atoms with E-state index in [4.69, 9.17) is 37.4 Å². The van der Waals surface area contributed by atoms with Crippen LogP contribution in [0.4, 0.5) is 4.79 Å². The van der Waals surface area contributed by atoms with Gasteiger partial charge in [-0.2, -0.15) is 0 Å². The molecular formula is C22H18BrCl2NO6S. The van der Waals surface area contributed by atoms with Crippen molar-refractivity contribution in [3.8, 4) is 11.5 Å². The Balaban J connectivity index is 1.80. The molecule has 0 spiro atoms. The predicted octanol–water partition coefficient (Wildman–Crippen LogP) is 5.94. The largest absolute Gasteiger partial charge is 0.493 e. The van der Waals surface area contributed by atoms with Gasteiger partial charge < -0.3 is 14.2 Å². The van der Waals surface area contributed by atoms with E-state index >= 15 is 0 Å². The zero-order valence-electron chi connectivity index (χ0n) is 17.5. The third-order valence-corrected chi connectivity index (χ3v) is 6.49. The van der Waals surface area contributed by atoms with Crippen molar-refractivity contribution in [2.45, 2.75) is 13.5 Å². The monoisotopic (exact) mass is 573 g/mol. The van der Waals surface area contributed by atoms with Gasteiger partial charge in [-0.1, -0.05) is 29.3 Å². The maximum Gasteiger partial charge on any atom is 0.326 e. The molecule has 3 rings (SSSR count).